The van der Waals surface area contributed by atoms with Gasteiger partial charge in [0.25, 0.3) is 11.8 Å². The van der Waals surface area contributed by atoms with Crippen molar-refractivity contribution >= 4 is 48.0 Å². The average molecular weight is 635 g/mol. The zero-order valence-corrected chi connectivity index (χ0v) is 23.9. The Morgan fingerprint density at radius 3 is 1.25 bits per heavy atom. The fourth-order valence-corrected chi connectivity index (χ4v) is 4.85. The molecule has 2 fully saturated rings. The number of aliphatic carboxylic acids is 2. The molecule has 0 aromatic heterocycles. The molecule has 4 amide bonds. The van der Waals surface area contributed by atoms with Crippen LogP contribution in [0.2, 0.25) is 0 Å². The second-order valence-corrected chi connectivity index (χ2v) is 9.75. The number of amides is 4. The van der Waals surface area contributed by atoms with E-state index in [1.165, 1.54) is 9.80 Å². The van der Waals surface area contributed by atoms with E-state index in [1.54, 1.807) is 60.7 Å². The smallest absolute Gasteiger partial charge is 0.326 e. The summed E-state index contributed by atoms with van der Waals surface area (Å²) >= 11 is 0. The summed E-state index contributed by atoms with van der Waals surface area (Å²) in [7, 11) is 0. The highest BCUT2D eigenvalue weighted by molar-refractivity contribution is 5.95. The molecular formula is C29H39ClN6O8. The van der Waals surface area contributed by atoms with Crippen LogP contribution >= 0.6 is 12.4 Å². The van der Waals surface area contributed by atoms with Crippen molar-refractivity contribution in [2.75, 3.05) is 26.2 Å². The zero-order chi connectivity index (χ0) is 30.8. The molecule has 0 aliphatic carbocycles. The average Bonchev–Trinajstić information content (AvgIpc) is 3.62. The lowest BCUT2D eigenvalue weighted by Crippen LogP contribution is -2.44. The molecule has 2 aliphatic rings. The van der Waals surface area contributed by atoms with Gasteiger partial charge in [0.15, 0.2) is 0 Å². The summed E-state index contributed by atoms with van der Waals surface area (Å²) in [5, 5.41) is 23.8. The number of carbonyl (C=O) groups is 6. The molecule has 240 valence electrons. The Balaban J connectivity index is 0.000000421. The van der Waals surface area contributed by atoms with Gasteiger partial charge in [0, 0.05) is 49.1 Å². The van der Waals surface area contributed by atoms with Crippen LogP contribution in [0.3, 0.4) is 0 Å². The van der Waals surface area contributed by atoms with E-state index in [9.17, 15) is 28.8 Å². The van der Waals surface area contributed by atoms with Gasteiger partial charge in [-0.2, -0.15) is 0 Å². The molecule has 0 radical (unpaired) electrons. The van der Waals surface area contributed by atoms with Gasteiger partial charge < -0.3 is 42.1 Å². The Morgan fingerprint density at radius 2 is 0.977 bits per heavy atom. The van der Waals surface area contributed by atoms with Crippen molar-refractivity contribution < 1.29 is 39.0 Å². The largest absolute Gasteiger partial charge is 0.480 e. The third kappa shape index (κ3) is 9.76. The lowest BCUT2D eigenvalue weighted by molar-refractivity contribution is -0.147. The summed E-state index contributed by atoms with van der Waals surface area (Å²) in [6.07, 6.45) is 0.360. The maximum atomic E-state index is 12.0. The first kappa shape index (κ1) is 37.5. The maximum Gasteiger partial charge on any atom is 0.326 e. The number of nitrogens with two attached hydrogens (primary N) is 2. The Kier molecular flexibility index (Phi) is 15.0. The SMILES string of the molecule is C.Cl.NCC(=O)N1C[C@@H](NC(=O)c2ccccc2)C[C@H]1C(=O)O.NCC(=O)N1C[C@H](NC(=O)c2ccccc2)C[C@H]1C(=O)O. The Morgan fingerprint density at radius 1 is 0.659 bits per heavy atom. The summed E-state index contributed by atoms with van der Waals surface area (Å²) < 4.78 is 0. The van der Waals surface area contributed by atoms with E-state index >= 15 is 0 Å². The van der Waals surface area contributed by atoms with Gasteiger partial charge in [-0.05, 0) is 24.3 Å². The summed E-state index contributed by atoms with van der Waals surface area (Å²) in [5.41, 5.74) is 11.5. The highest BCUT2D eigenvalue weighted by atomic mass is 35.5. The zero-order valence-electron chi connectivity index (χ0n) is 23.1. The molecule has 15 heteroatoms. The number of hydrogen-bond donors (Lipinski definition) is 6. The molecule has 0 spiro atoms. The quantitative estimate of drug-likeness (QED) is 0.226. The van der Waals surface area contributed by atoms with Gasteiger partial charge in [-0.1, -0.05) is 43.8 Å². The van der Waals surface area contributed by atoms with Gasteiger partial charge in [-0.25, -0.2) is 9.59 Å². The highest BCUT2D eigenvalue weighted by Crippen LogP contribution is 2.20. The van der Waals surface area contributed by atoms with E-state index in [4.69, 9.17) is 21.7 Å². The van der Waals surface area contributed by atoms with Crippen LogP contribution in [0.4, 0.5) is 0 Å². The van der Waals surface area contributed by atoms with Crippen LogP contribution in [0.5, 0.6) is 0 Å². The summed E-state index contributed by atoms with van der Waals surface area (Å²) in [6.45, 7) is -0.177. The van der Waals surface area contributed by atoms with Crippen LogP contribution in [0.25, 0.3) is 0 Å². The molecular weight excluding hydrogens is 596 g/mol. The number of rotatable bonds is 8. The Labute approximate surface area is 261 Å². The molecule has 2 aromatic rings. The predicted molar refractivity (Wildman–Crippen MR) is 163 cm³/mol. The first-order valence-electron chi connectivity index (χ1n) is 13.2. The summed E-state index contributed by atoms with van der Waals surface area (Å²) in [5.74, 6) is -3.61. The van der Waals surface area contributed by atoms with Crippen LogP contribution in [-0.2, 0) is 19.2 Å². The lowest BCUT2D eigenvalue weighted by Gasteiger charge is -2.20. The van der Waals surface area contributed by atoms with E-state index in [1.807, 2.05) is 0 Å². The molecule has 0 bridgehead atoms. The van der Waals surface area contributed by atoms with Crippen LogP contribution in [0.1, 0.15) is 41.0 Å². The minimum absolute atomic E-state index is 0. The lowest BCUT2D eigenvalue weighted by atomic mass is 10.1. The van der Waals surface area contributed by atoms with Crippen LogP contribution in [0, 0.1) is 0 Å². The van der Waals surface area contributed by atoms with E-state index in [2.05, 4.69) is 10.6 Å². The predicted octanol–water partition coefficient (Wildman–Crippen LogP) is -0.0837. The standard InChI is InChI=1S/2C14H17N3O4.CH4.ClH/c2*15-7-12(18)17-8-10(6-11(17)14(20)21)16-13(19)9-4-2-1-3-5-9;;/h2*1-5,10-11H,6-8,15H2,(H,16,19)(H,20,21);1H4;1H/t10-,11+;10-,11-;;/m10../s1. The third-order valence-electron chi connectivity index (χ3n) is 6.90. The second kappa shape index (κ2) is 17.6. The van der Waals surface area contributed by atoms with Gasteiger partial charge in [-0.3, -0.25) is 19.2 Å². The normalized spacial score (nSPS) is 20.1. The number of nitrogens with zero attached hydrogens (tertiary/aromatic N) is 2. The number of carbonyl (C=O) groups excluding carboxylic acids is 4. The topological polar surface area (TPSA) is 225 Å². The van der Waals surface area contributed by atoms with Gasteiger partial charge >= 0.3 is 11.9 Å². The molecule has 2 aliphatic heterocycles. The van der Waals surface area contributed by atoms with Crippen molar-refractivity contribution in [2.45, 2.75) is 44.4 Å². The van der Waals surface area contributed by atoms with Crippen LogP contribution in [-0.4, -0.2) is 106 Å². The molecule has 14 nitrogen and oxygen atoms in total. The van der Waals surface area contributed by atoms with Gasteiger partial charge in [0.05, 0.1) is 13.1 Å². The van der Waals surface area contributed by atoms with Crippen LogP contribution in [0.15, 0.2) is 60.7 Å². The maximum absolute atomic E-state index is 12.0. The summed E-state index contributed by atoms with van der Waals surface area (Å²) in [4.78, 5) is 72.2. The number of nitrogens with one attached hydrogen (secondary N) is 2. The number of hydrogen-bond acceptors (Lipinski definition) is 8. The van der Waals surface area contributed by atoms with Gasteiger partial charge in [0.1, 0.15) is 12.1 Å². The number of carboxylic acid groups (broad SMARTS) is 2. The molecule has 2 aromatic carbocycles. The number of benzene rings is 2. The van der Waals surface area contributed by atoms with E-state index in [0.29, 0.717) is 11.1 Å². The van der Waals surface area contributed by atoms with E-state index in [0.717, 1.165) is 0 Å². The van der Waals surface area contributed by atoms with Crippen LogP contribution < -0.4 is 22.1 Å². The molecule has 0 saturated carbocycles. The molecule has 8 N–H and O–H groups in total. The second-order valence-electron chi connectivity index (χ2n) is 9.75. The van der Waals surface area contributed by atoms with Crippen molar-refractivity contribution in [3.05, 3.63) is 71.8 Å². The first-order valence-corrected chi connectivity index (χ1v) is 13.2. The molecule has 4 rings (SSSR count). The Bertz CT molecular complexity index is 1200. The number of likely N-dealkylation sites (tertiary alicyclic amines) is 2. The monoisotopic (exact) mass is 634 g/mol. The van der Waals surface area contributed by atoms with Crippen molar-refractivity contribution in [1.29, 1.82) is 0 Å². The fourth-order valence-electron chi connectivity index (χ4n) is 4.85. The van der Waals surface area contributed by atoms with E-state index < -0.39 is 47.9 Å². The molecule has 2 saturated heterocycles. The van der Waals surface area contributed by atoms with Crippen molar-refractivity contribution in [3.8, 4) is 0 Å². The van der Waals surface area contributed by atoms with Crippen molar-refractivity contribution in [2.24, 2.45) is 11.5 Å². The van der Waals surface area contributed by atoms with Gasteiger partial charge in [-0.15, -0.1) is 12.4 Å². The molecule has 0 unspecified atom stereocenters. The van der Waals surface area contributed by atoms with Crippen molar-refractivity contribution in [3.63, 3.8) is 0 Å². The van der Waals surface area contributed by atoms with Crippen molar-refractivity contribution in [1.82, 2.24) is 20.4 Å². The van der Waals surface area contributed by atoms with E-state index in [-0.39, 0.29) is 70.7 Å². The molecule has 4 atom stereocenters. The first-order chi connectivity index (χ1) is 20.0. The highest BCUT2D eigenvalue weighted by Gasteiger charge is 2.40. The number of carboxylic acids is 2. The minimum atomic E-state index is -1.09. The van der Waals surface area contributed by atoms with Gasteiger partial charge in [0.2, 0.25) is 11.8 Å². The molecule has 2 heterocycles. The number of halogens is 1. The fraction of sp³-hybridized carbons (Fsp3) is 0.379. The minimum Gasteiger partial charge on any atom is -0.480 e. The molecule has 44 heavy (non-hydrogen) atoms. The summed E-state index contributed by atoms with van der Waals surface area (Å²) in [6, 6.07) is 14.6. The third-order valence-corrected chi connectivity index (χ3v) is 6.90. The Hall–Kier alpha value is -4.53.